The van der Waals surface area contributed by atoms with E-state index < -0.39 is 11.6 Å². The summed E-state index contributed by atoms with van der Waals surface area (Å²) in [7, 11) is 0. The standard InChI is InChI=1S/C15H9BrClF2NS/c16-10-5-8(18)6-11(19)15(10)20-7-13-14(17)9-3-1-2-4-12(9)21-13/h1-6,20H,7H2. The van der Waals surface area contributed by atoms with Crippen molar-refractivity contribution in [3.8, 4) is 0 Å². The average molecular weight is 389 g/mol. The molecule has 0 saturated carbocycles. The van der Waals surface area contributed by atoms with E-state index in [1.807, 2.05) is 24.3 Å². The van der Waals surface area contributed by atoms with Crippen molar-refractivity contribution in [1.29, 1.82) is 0 Å². The zero-order valence-electron chi connectivity index (χ0n) is 10.6. The minimum Gasteiger partial charge on any atom is -0.377 e. The van der Waals surface area contributed by atoms with Gasteiger partial charge in [0.25, 0.3) is 0 Å². The van der Waals surface area contributed by atoms with Crippen LogP contribution in [-0.2, 0) is 6.54 Å². The molecule has 1 nitrogen and oxygen atoms in total. The lowest BCUT2D eigenvalue weighted by Crippen LogP contribution is -2.02. The third-order valence-electron chi connectivity index (χ3n) is 3.03. The first-order chi connectivity index (χ1) is 10.1. The molecule has 0 amide bonds. The highest BCUT2D eigenvalue weighted by molar-refractivity contribution is 9.10. The Morgan fingerprint density at radius 1 is 1.19 bits per heavy atom. The van der Waals surface area contributed by atoms with Gasteiger partial charge in [-0.2, -0.15) is 0 Å². The maximum atomic E-state index is 13.8. The average Bonchev–Trinajstić information content (AvgIpc) is 2.75. The lowest BCUT2D eigenvalue weighted by atomic mass is 10.2. The molecule has 2 aromatic carbocycles. The maximum Gasteiger partial charge on any atom is 0.150 e. The Kier molecular flexibility index (Phi) is 4.15. The highest BCUT2D eigenvalue weighted by atomic mass is 79.9. The van der Waals surface area contributed by atoms with E-state index in [9.17, 15) is 8.78 Å². The quantitative estimate of drug-likeness (QED) is 0.562. The van der Waals surface area contributed by atoms with Crippen molar-refractivity contribution in [3.05, 3.63) is 62.4 Å². The topological polar surface area (TPSA) is 12.0 Å². The number of anilines is 1. The van der Waals surface area contributed by atoms with Crippen molar-refractivity contribution in [2.45, 2.75) is 6.54 Å². The van der Waals surface area contributed by atoms with Crippen LogP contribution in [0.2, 0.25) is 5.02 Å². The fourth-order valence-electron chi connectivity index (χ4n) is 2.06. The van der Waals surface area contributed by atoms with Crippen LogP contribution in [0.3, 0.4) is 0 Å². The molecule has 0 atom stereocenters. The van der Waals surface area contributed by atoms with Crippen molar-refractivity contribution in [3.63, 3.8) is 0 Å². The number of halogens is 4. The number of hydrogen-bond donors (Lipinski definition) is 1. The number of hydrogen-bond acceptors (Lipinski definition) is 2. The highest BCUT2D eigenvalue weighted by Crippen LogP contribution is 2.36. The Balaban J connectivity index is 1.89. The van der Waals surface area contributed by atoms with Crippen molar-refractivity contribution in [1.82, 2.24) is 0 Å². The number of thiophene rings is 1. The van der Waals surface area contributed by atoms with Crippen LogP contribution >= 0.6 is 38.9 Å². The van der Waals surface area contributed by atoms with Gasteiger partial charge in [0.15, 0.2) is 0 Å². The first-order valence-electron chi connectivity index (χ1n) is 6.10. The fraction of sp³-hybridized carbons (Fsp3) is 0.0667. The Labute approximate surface area is 137 Å². The SMILES string of the molecule is Fc1cc(F)c(NCc2sc3ccccc3c2Cl)c(Br)c1. The van der Waals surface area contributed by atoms with Gasteiger partial charge >= 0.3 is 0 Å². The third kappa shape index (κ3) is 2.91. The van der Waals surface area contributed by atoms with Gasteiger partial charge in [0.2, 0.25) is 0 Å². The summed E-state index contributed by atoms with van der Waals surface area (Å²) in [5, 5.41) is 4.62. The highest BCUT2D eigenvalue weighted by Gasteiger charge is 2.13. The summed E-state index contributed by atoms with van der Waals surface area (Å²) in [4.78, 5) is 0.911. The van der Waals surface area contributed by atoms with Crippen LogP contribution in [0, 0.1) is 11.6 Å². The molecular formula is C15H9BrClF2NS. The van der Waals surface area contributed by atoms with Gasteiger partial charge < -0.3 is 5.32 Å². The van der Waals surface area contributed by atoms with Gasteiger partial charge in [0.1, 0.15) is 11.6 Å². The lowest BCUT2D eigenvalue weighted by Gasteiger charge is -2.09. The summed E-state index contributed by atoms with van der Waals surface area (Å²) in [6, 6.07) is 9.88. The molecule has 0 saturated heterocycles. The van der Waals surface area contributed by atoms with Crippen LogP contribution < -0.4 is 5.32 Å². The van der Waals surface area contributed by atoms with Crippen molar-refractivity contribution >= 4 is 54.6 Å². The molecule has 21 heavy (non-hydrogen) atoms. The Hall–Kier alpha value is -1.17. The van der Waals surface area contributed by atoms with Crippen molar-refractivity contribution in [2.75, 3.05) is 5.32 Å². The summed E-state index contributed by atoms with van der Waals surface area (Å²) in [5.74, 6) is -1.26. The van der Waals surface area contributed by atoms with Crippen LogP contribution in [-0.4, -0.2) is 0 Å². The molecule has 0 aliphatic rings. The predicted molar refractivity (Wildman–Crippen MR) is 88.2 cm³/mol. The van der Waals surface area contributed by atoms with Crippen LogP contribution in [0.1, 0.15) is 4.88 Å². The van der Waals surface area contributed by atoms with E-state index in [1.54, 1.807) is 11.3 Å². The summed E-state index contributed by atoms with van der Waals surface area (Å²) in [6.07, 6.45) is 0. The van der Waals surface area contributed by atoms with E-state index in [0.717, 1.165) is 21.0 Å². The smallest absolute Gasteiger partial charge is 0.150 e. The van der Waals surface area contributed by atoms with E-state index in [4.69, 9.17) is 11.6 Å². The normalized spacial score (nSPS) is 11.0. The molecule has 108 valence electrons. The van der Waals surface area contributed by atoms with Crippen LogP contribution in [0.25, 0.3) is 10.1 Å². The van der Waals surface area contributed by atoms with E-state index in [1.165, 1.54) is 6.07 Å². The molecule has 0 aliphatic carbocycles. The van der Waals surface area contributed by atoms with Crippen molar-refractivity contribution < 1.29 is 8.78 Å². The molecule has 0 fully saturated rings. The molecule has 6 heteroatoms. The van der Waals surface area contributed by atoms with Gasteiger partial charge in [0, 0.05) is 25.5 Å². The number of nitrogens with one attached hydrogen (secondary N) is 1. The Morgan fingerprint density at radius 2 is 1.95 bits per heavy atom. The largest absolute Gasteiger partial charge is 0.377 e. The number of benzene rings is 2. The second-order valence-corrected chi connectivity index (χ2v) is 6.80. The molecule has 0 spiro atoms. The monoisotopic (exact) mass is 387 g/mol. The summed E-state index contributed by atoms with van der Waals surface area (Å²) in [6.45, 7) is 0.374. The first-order valence-corrected chi connectivity index (χ1v) is 8.09. The second kappa shape index (κ2) is 5.91. The molecule has 1 heterocycles. The van der Waals surface area contributed by atoms with Gasteiger partial charge in [-0.3, -0.25) is 0 Å². The van der Waals surface area contributed by atoms with E-state index in [2.05, 4.69) is 21.2 Å². The third-order valence-corrected chi connectivity index (χ3v) is 5.37. The number of fused-ring (bicyclic) bond motifs is 1. The Morgan fingerprint density at radius 3 is 2.67 bits per heavy atom. The fourth-order valence-corrected chi connectivity index (χ4v) is 4.05. The molecule has 1 N–H and O–H groups in total. The summed E-state index contributed by atoms with van der Waals surface area (Å²) < 4.78 is 28.2. The molecule has 0 radical (unpaired) electrons. The second-order valence-electron chi connectivity index (χ2n) is 4.43. The molecular weight excluding hydrogens is 380 g/mol. The van der Waals surface area contributed by atoms with Gasteiger partial charge in [-0.05, 0) is 28.1 Å². The summed E-state index contributed by atoms with van der Waals surface area (Å²) in [5.41, 5.74) is 0.227. The molecule has 0 unspecified atom stereocenters. The zero-order chi connectivity index (χ0) is 15.0. The van der Waals surface area contributed by atoms with Gasteiger partial charge in [-0.25, -0.2) is 8.78 Å². The molecule has 3 aromatic rings. The van der Waals surface area contributed by atoms with E-state index in [0.29, 0.717) is 16.0 Å². The van der Waals surface area contributed by atoms with Crippen LogP contribution in [0.4, 0.5) is 14.5 Å². The molecule has 0 aliphatic heterocycles. The van der Waals surface area contributed by atoms with Crippen molar-refractivity contribution in [2.24, 2.45) is 0 Å². The minimum atomic E-state index is -0.640. The van der Waals surface area contributed by atoms with Crippen LogP contribution in [0.15, 0.2) is 40.9 Å². The minimum absolute atomic E-state index is 0.227. The molecule has 0 bridgehead atoms. The van der Waals surface area contributed by atoms with Crippen LogP contribution in [0.5, 0.6) is 0 Å². The first kappa shape index (κ1) is 14.8. The Bertz CT molecular complexity index is 796. The zero-order valence-corrected chi connectivity index (χ0v) is 13.7. The number of rotatable bonds is 3. The van der Waals surface area contributed by atoms with E-state index in [-0.39, 0.29) is 5.69 Å². The van der Waals surface area contributed by atoms with Gasteiger partial charge in [-0.1, -0.05) is 29.8 Å². The lowest BCUT2D eigenvalue weighted by molar-refractivity contribution is 0.583. The van der Waals surface area contributed by atoms with Gasteiger partial charge in [0.05, 0.1) is 17.3 Å². The molecule has 1 aromatic heterocycles. The predicted octanol–water partition coefficient (Wildman–Crippen LogP) is 6.21. The van der Waals surface area contributed by atoms with E-state index >= 15 is 0 Å². The van der Waals surface area contributed by atoms with Gasteiger partial charge in [-0.15, -0.1) is 11.3 Å². The molecule has 3 rings (SSSR count). The summed E-state index contributed by atoms with van der Waals surface area (Å²) >= 11 is 11.0. The maximum absolute atomic E-state index is 13.8.